The lowest BCUT2D eigenvalue weighted by Gasteiger charge is -2.07. The number of benzene rings is 3. The summed E-state index contributed by atoms with van der Waals surface area (Å²) in [5.41, 5.74) is 3.38. The first-order chi connectivity index (χ1) is 13.7. The van der Waals surface area contributed by atoms with Crippen molar-refractivity contribution in [2.45, 2.75) is 6.61 Å². The number of hydrogen-bond acceptors (Lipinski definition) is 4. The molecule has 0 aliphatic heterocycles. The lowest BCUT2D eigenvalue weighted by atomic mass is 10.1. The van der Waals surface area contributed by atoms with Crippen LogP contribution >= 0.6 is 22.9 Å². The monoisotopic (exact) mass is 402 g/mol. The van der Waals surface area contributed by atoms with Crippen molar-refractivity contribution < 1.29 is 4.74 Å². The highest BCUT2D eigenvalue weighted by Crippen LogP contribution is 2.28. The molecule has 3 nitrogen and oxygen atoms in total. The van der Waals surface area contributed by atoms with E-state index in [1.807, 2.05) is 78.9 Å². The van der Waals surface area contributed by atoms with Crippen LogP contribution in [-0.2, 0) is 6.61 Å². The Labute approximate surface area is 172 Å². The van der Waals surface area contributed by atoms with Crippen LogP contribution in [0.4, 0.5) is 0 Å². The van der Waals surface area contributed by atoms with E-state index in [9.17, 15) is 5.26 Å². The molecule has 0 radical (unpaired) electrons. The predicted molar refractivity (Wildman–Crippen MR) is 115 cm³/mol. The first kappa shape index (κ1) is 18.2. The Bertz CT molecular complexity index is 1160. The van der Waals surface area contributed by atoms with Gasteiger partial charge in [-0.15, -0.1) is 11.3 Å². The van der Waals surface area contributed by atoms with Gasteiger partial charge in [0.15, 0.2) is 0 Å². The average molecular weight is 403 g/mol. The van der Waals surface area contributed by atoms with E-state index in [-0.39, 0.29) is 0 Å². The van der Waals surface area contributed by atoms with Gasteiger partial charge in [0.2, 0.25) is 0 Å². The van der Waals surface area contributed by atoms with Crippen LogP contribution in [0.25, 0.3) is 21.9 Å². The summed E-state index contributed by atoms with van der Waals surface area (Å²) in [6.45, 7) is 0.452. The van der Waals surface area contributed by atoms with Crippen molar-refractivity contribution in [1.82, 2.24) is 4.98 Å². The highest BCUT2D eigenvalue weighted by Gasteiger charge is 2.09. The van der Waals surface area contributed by atoms with Crippen LogP contribution < -0.4 is 4.74 Å². The number of nitrogens with zero attached hydrogens (tertiary/aromatic N) is 2. The molecular formula is C23H15ClN2OS. The second-order valence-electron chi connectivity index (χ2n) is 6.14. The standard InChI is InChI=1S/C23H15ClN2OS/c24-19-10-8-16(9-11-19)15-27-20-5-3-4-17(13-20)12-18(14-25)23-26-21-6-1-2-7-22(21)28-23/h1-13H,15H2/b18-12+. The number of aromatic nitrogens is 1. The summed E-state index contributed by atoms with van der Waals surface area (Å²) in [6, 6.07) is 25.4. The van der Waals surface area contributed by atoms with E-state index in [0.29, 0.717) is 17.2 Å². The zero-order valence-corrected chi connectivity index (χ0v) is 16.4. The van der Waals surface area contributed by atoms with E-state index in [2.05, 4.69) is 11.1 Å². The first-order valence-electron chi connectivity index (χ1n) is 8.66. The molecule has 136 valence electrons. The molecule has 1 heterocycles. The number of hydrogen-bond donors (Lipinski definition) is 0. The van der Waals surface area contributed by atoms with Crippen molar-refractivity contribution in [2.24, 2.45) is 0 Å². The third-order valence-corrected chi connectivity index (χ3v) is 5.45. The third kappa shape index (κ3) is 4.23. The molecule has 0 bridgehead atoms. The minimum atomic E-state index is 0.452. The van der Waals surface area contributed by atoms with E-state index in [0.717, 1.165) is 32.1 Å². The second kappa shape index (κ2) is 8.26. The Morgan fingerprint density at radius 3 is 2.68 bits per heavy atom. The normalized spacial score (nSPS) is 11.4. The molecule has 0 aliphatic rings. The maximum atomic E-state index is 9.62. The number of para-hydroxylation sites is 1. The topological polar surface area (TPSA) is 45.9 Å². The third-order valence-electron chi connectivity index (χ3n) is 4.13. The van der Waals surface area contributed by atoms with E-state index in [1.54, 1.807) is 0 Å². The molecule has 4 rings (SSSR count). The van der Waals surface area contributed by atoms with Gasteiger partial charge in [-0.3, -0.25) is 0 Å². The molecular weight excluding hydrogens is 388 g/mol. The molecule has 4 aromatic rings. The van der Waals surface area contributed by atoms with Gasteiger partial charge in [0.1, 0.15) is 23.4 Å². The molecule has 0 N–H and O–H groups in total. The highest BCUT2D eigenvalue weighted by atomic mass is 35.5. The van der Waals surface area contributed by atoms with Gasteiger partial charge in [0, 0.05) is 5.02 Å². The maximum absolute atomic E-state index is 9.62. The molecule has 5 heteroatoms. The molecule has 0 atom stereocenters. The Hall–Kier alpha value is -3.13. The fourth-order valence-corrected chi connectivity index (χ4v) is 3.79. The van der Waals surface area contributed by atoms with Crippen molar-refractivity contribution in [1.29, 1.82) is 5.26 Å². The molecule has 3 aromatic carbocycles. The van der Waals surface area contributed by atoms with Gasteiger partial charge in [-0.1, -0.05) is 48.0 Å². The number of allylic oxidation sites excluding steroid dienone is 1. The summed E-state index contributed by atoms with van der Waals surface area (Å²) in [6.07, 6.45) is 1.84. The molecule has 28 heavy (non-hydrogen) atoms. The van der Waals surface area contributed by atoms with Crippen LogP contribution in [0.3, 0.4) is 0 Å². The SMILES string of the molecule is N#C/C(=C\c1cccc(OCc2ccc(Cl)cc2)c1)c1nc2ccccc2s1. The van der Waals surface area contributed by atoms with E-state index in [1.165, 1.54) is 11.3 Å². The maximum Gasteiger partial charge on any atom is 0.135 e. The van der Waals surface area contributed by atoms with Crippen LogP contribution in [0.1, 0.15) is 16.1 Å². The number of halogens is 1. The number of thiazole rings is 1. The van der Waals surface area contributed by atoms with Gasteiger partial charge in [-0.05, 0) is 53.6 Å². The molecule has 0 unspecified atom stereocenters. The summed E-state index contributed by atoms with van der Waals surface area (Å²) >= 11 is 7.43. The number of nitriles is 1. The second-order valence-corrected chi connectivity index (χ2v) is 7.61. The van der Waals surface area contributed by atoms with Gasteiger partial charge in [0.05, 0.1) is 15.8 Å². The Morgan fingerprint density at radius 1 is 1.07 bits per heavy atom. The smallest absolute Gasteiger partial charge is 0.135 e. The zero-order chi connectivity index (χ0) is 19.3. The summed E-state index contributed by atoms with van der Waals surface area (Å²) in [7, 11) is 0. The van der Waals surface area contributed by atoms with Gasteiger partial charge in [-0.2, -0.15) is 5.26 Å². The predicted octanol–water partition coefficient (Wildman–Crippen LogP) is 6.59. The van der Waals surface area contributed by atoms with Crippen molar-refractivity contribution in [3.05, 3.63) is 94.0 Å². The fraction of sp³-hybridized carbons (Fsp3) is 0.0435. The number of rotatable bonds is 5. The van der Waals surface area contributed by atoms with Crippen molar-refractivity contribution in [3.63, 3.8) is 0 Å². The van der Waals surface area contributed by atoms with Gasteiger partial charge >= 0.3 is 0 Å². The largest absolute Gasteiger partial charge is 0.489 e. The first-order valence-corrected chi connectivity index (χ1v) is 9.86. The summed E-state index contributed by atoms with van der Waals surface area (Å²) in [5.74, 6) is 0.741. The molecule has 0 spiro atoms. The van der Waals surface area contributed by atoms with Crippen LogP contribution in [0, 0.1) is 11.3 Å². The van der Waals surface area contributed by atoms with Gasteiger partial charge < -0.3 is 4.74 Å². The van der Waals surface area contributed by atoms with E-state index >= 15 is 0 Å². The average Bonchev–Trinajstić information content (AvgIpc) is 3.16. The van der Waals surface area contributed by atoms with Crippen molar-refractivity contribution in [3.8, 4) is 11.8 Å². The molecule has 0 aliphatic carbocycles. The summed E-state index contributed by atoms with van der Waals surface area (Å²) in [4.78, 5) is 4.57. The summed E-state index contributed by atoms with van der Waals surface area (Å²) < 4.78 is 6.94. The fourth-order valence-electron chi connectivity index (χ4n) is 2.74. The minimum Gasteiger partial charge on any atom is -0.489 e. The van der Waals surface area contributed by atoms with Crippen LogP contribution in [-0.4, -0.2) is 4.98 Å². The zero-order valence-electron chi connectivity index (χ0n) is 14.8. The van der Waals surface area contributed by atoms with Crippen LogP contribution in [0.5, 0.6) is 5.75 Å². The van der Waals surface area contributed by atoms with E-state index < -0.39 is 0 Å². The highest BCUT2D eigenvalue weighted by molar-refractivity contribution is 7.19. The van der Waals surface area contributed by atoms with Crippen LogP contribution in [0.15, 0.2) is 72.8 Å². The Balaban J connectivity index is 1.55. The number of fused-ring (bicyclic) bond motifs is 1. The molecule has 1 aromatic heterocycles. The van der Waals surface area contributed by atoms with Crippen molar-refractivity contribution >= 4 is 44.8 Å². The Kier molecular flexibility index (Phi) is 5.38. The summed E-state index contributed by atoms with van der Waals surface area (Å²) in [5, 5.41) is 11.0. The molecule has 0 amide bonds. The number of ether oxygens (including phenoxy) is 1. The molecule has 0 fully saturated rings. The lowest BCUT2D eigenvalue weighted by Crippen LogP contribution is -1.95. The lowest BCUT2D eigenvalue weighted by molar-refractivity contribution is 0.306. The Morgan fingerprint density at radius 2 is 1.89 bits per heavy atom. The van der Waals surface area contributed by atoms with Crippen LogP contribution in [0.2, 0.25) is 5.02 Å². The van der Waals surface area contributed by atoms with Crippen molar-refractivity contribution in [2.75, 3.05) is 0 Å². The van der Waals surface area contributed by atoms with Gasteiger partial charge in [0.25, 0.3) is 0 Å². The minimum absolute atomic E-state index is 0.452. The van der Waals surface area contributed by atoms with E-state index in [4.69, 9.17) is 16.3 Å². The molecule has 0 saturated carbocycles. The quantitative estimate of drug-likeness (QED) is 0.353. The van der Waals surface area contributed by atoms with Gasteiger partial charge in [-0.25, -0.2) is 4.98 Å². The molecule has 0 saturated heterocycles.